The normalized spacial score (nSPS) is 9.42. The van der Waals surface area contributed by atoms with E-state index in [9.17, 15) is 9.59 Å². The zero-order valence-electron chi connectivity index (χ0n) is 7.56. The van der Waals surface area contributed by atoms with Crippen LogP contribution in [-0.2, 0) is 9.59 Å². The summed E-state index contributed by atoms with van der Waals surface area (Å²) in [4.78, 5) is 20.7. The van der Waals surface area contributed by atoms with Gasteiger partial charge in [-0.15, -0.1) is 0 Å². The van der Waals surface area contributed by atoms with Crippen LogP contribution in [0.5, 0.6) is 0 Å². The van der Waals surface area contributed by atoms with Crippen LogP contribution in [0.2, 0.25) is 0 Å². The van der Waals surface area contributed by atoms with Crippen LogP contribution >= 0.6 is 0 Å². The zero-order chi connectivity index (χ0) is 9.23. The molecule has 0 bridgehead atoms. The lowest BCUT2D eigenvalue weighted by molar-refractivity contribution is -0.120. The molecule has 3 nitrogen and oxygen atoms in total. The summed E-state index contributed by atoms with van der Waals surface area (Å²) in [6.45, 7) is 2.84. The van der Waals surface area contributed by atoms with Gasteiger partial charge in [0, 0.05) is 19.4 Å². The molecular formula is C9H16NO2. The third-order valence-corrected chi connectivity index (χ3v) is 1.56. The monoisotopic (exact) mass is 170 g/mol. The highest BCUT2D eigenvalue weighted by Crippen LogP contribution is 1.91. The number of nitrogens with one attached hydrogen (secondary N) is 1. The average Bonchev–Trinajstić information content (AvgIpc) is 2.09. The first-order chi connectivity index (χ1) is 5.81. The van der Waals surface area contributed by atoms with Crippen molar-refractivity contribution in [1.82, 2.24) is 5.32 Å². The van der Waals surface area contributed by atoms with Gasteiger partial charge >= 0.3 is 0 Å². The summed E-state index contributed by atoms with van der Waals surface area (Å²) in [7, 11) is 0. The van der Waals surface area contributed by atoms with E-state index in [1.165, 1.54) is 0 Å². The minimum atomic E-state index is -0.0468. The lowest BCUT2D eigenvalue weighted by atomic mass is 10.2. The standard InChI is InChI=1S/C9H16NO2/c1-2-3-4-7-10-9(12)6-5-8-11/h2-7H2,1H3,(H,10,12). The van der Waals surface area contributed by atoms with E-state index >= 15 is 0 Å². The first kappa shape index (κ1) is 11.1. The van der Waals surface area contributed by atoms with Gasteiger partial charge in [-0.2, -0.15) is 0 Å². The lowest BCUT2D eigenvalue weighted by Crippen LogP contribution is -2.23. The van der Waals surface area contributed by atoms with Crippen molar-refractivity contribution in [1.29, 1.82) is 0 Å². The number of amides is 1. The Hall–Kier alpha value is -0.860. The van der Waals surface area contributed by atoms with E-state index in [-0.39, 0.29) is 18.7 Å². The van der Waals surface area contributed by atoms with Gasteiger partial charge < -0.3 is 5.32 Å². The van der Waals surface area contributed by atoms with E-state index < -0.39 is 0 Å². The van der Waals surface area contributed by atoms with Gasteiger partial charge in [-0.05, 0) is 6.42 Å². The average molecular weight is 170 g/mol. The molecule has 0 heterocycles. The SMILES string of the molecule is CCCCCNC(=O)CC[C]=O. The second-order valence-electron chi connectivity index (χ2n) is 2.70. The Bertz CT molecular complexity index is 134. The molecule has 0 aliphatic rings. The highest BCUT2D eigenvalue weighted by molar-refractivity contribution is 5.78. The molecule has 69 valence electrons. The second-order valence-corrected chi connectivity index (χ2v) is 2.70. The van der Waals surface area contributed by atoms with Crippen molar-refractivity contribution in [3.05, 3.63) is 0 Å². The summed E-state index contributed by atoms with van der Waals surface area (Å²) in [5, 5.41) is 2.73. The maximum atomic E-state index is 10.9. The van der Waals surface area contributed by atoms with Crippen molar-refractivity contribution in [2.24, 2.45) is 0 Å². The molecule has 0 aromatic carbocycles. The second kappa shape index (κ2) is 8.24. The van der Waals surface area contributed by atoms with Crippen LogP contribution in [0, 0.1) is 0 Å². The van der Waals surface area contributed by atoms with Crippen LogP contribution in [0.1, 0.15) is 39.0 Å². The van der Waals surface area contributed by atoms with Crippen molar-refractivity contribution in [2.75, 3.05) is 6.54 Å². The van der Waals surface area contributed by atoms with Crippen molar-refractivity contribution in [3.8, 4) is 0 Å². The molecule has 1 N–H and O–H groups in total. The van der Waals surface area contributed by atoms with E-state index in [1.807, 2.05) is 0 Å². The summed E-state index contributed by atoms with van der Waals surface area (Å²) in [5.74, 6) is -0.0468. The topological polar surface area (TPSA) is 46.2 Å². The Morgan fingerprint density at radius 1 is 1.42 bits per heavy atom. The maximum absolute atomic E-state index is 10.9. The largest absolute Gasteiger partial charge is 0.356 e. The van der Waals surface area contributed by atoms with E-state index in [4.69, 9.17) is 0 Å². The van der Waals surface area contributed by atoms with Crippen molar-refractivity contribution in [3.63, 3.8) is 0 Å². The number of rotatable bonds is 7. The number of hydrogen-bond donors (Lipinski definition) is 1. The van der Waals surface area contributed by atoms with Gasteiger partial charge in [0.15, 0.2) is 6.29 Å². The number of carbonyl (C=O) groups is 1. The zero-order valence-corrected chi connectivity index (χ0v) is 7.56. The minimum Gasteiger partial charge on any atom is -0.356 e. The molecule has 0 fully saturated rings. The molecule has 1 radical (unpaired) electrons. The Morgan fingerprint density at radius 2 is 2.17 bits per heavy atom. The van der Waals surface area contributed by atoms with Crippen LogP contribution in [0.3, 0.4) is 0 Å². The molecule has 12 heavy (non-hydrogen) atoms. The molecule has 1 amide bonds. The Morgan fingerprint density at radius 3 is 2.75 bits per heavy atom. The van der Waals surface area contributed by atoms with E-state index in [0.717, 1.165) is 25.8 Å². The van der Waals surface area contributed by atoms with Gasteiger partial charge in [-0.1, -0.05) is 19.8 Å². The van der Waals surface area contributed by atoms with Gasteiger partial charge in [-0.3, -0.25) is 9.59 Å². The Labute approximate surface area is 73.5 Å². The van der Waals surface area contributed by atoms with Gasteiger partial charge in [0.05, 0.1) is 0 Å². The quantitative estimate of drug-likeness (QED) is 0.583. The third-order valence-electron chi connectivity index (χ3n) is 1.56. The van der Waals surface area contributed by atoms with Crippen LogP contribution in [0.15, 0.2) is 0 Å². The maximum Gasteiger partial charge on any atom is 0.220 e. The molecule has 0 unspecified atom stereocenters. The van der Waals surface area contributed by atoms with Crippen LogP contribution < -0.4 is 5.32 Å². The summed E-state index contributed by atoms with van der Waals surface area (Å²) in [6, 6.07) is 0. The summed E-state index contributed by atoms with van der Waals surface area (Å²) >= 11 is 0. The van der Waals surface area contributed by atoms with Crippen LogP contribution in [0.4, 0.5) is 0 Å². The Balaban J connectivity index is 3.13. The minimum absolute atomic E-state index is 0.0468. The third kappa shape index (κ3) is 7.25. The number of carbonyl (C=O) groups excluding carboxylic acids is 2. The lowest BCUT2D eigenvalue weighted by Gasteiger charge is -2.01. The molecular weight excluding hydrogens is 154 g/mol. The fraction of sp³-hybridized carbons (Fsp3) is 0.778. The van der Waals surface area contributed by atoms with Crippen molar-refractivity contribution < 1.29 is 9.59 Å². The predicted octanol–water partition coefficient (Wildman–Crippen LogP) is 1.18. The number of hydrogen-bond acceptors (Lipinski definition) is 2. The molecule has 0 aliphatic carbocycles. The summed E-state index contributed by atoms with van der Waals surface area (Å²) < 4.78 is 0. The number of unbranched alkanes of at least 4 members (excludes halogenated alkanes) is 2. The fourth-order valence-electron chi connectivity index (χ4n) is 0.856. The van der Waals surface area contributed by atoms with Crippen molar-refractivity contribution in [2.45, 2.75) is 39.0 Å². The van der Waals surface area contributed by atoms with Gasteiger partial charge in [0.25, 0.3) is 0 Å². The highest BCUT2D eigenvalue weighted by Gasteiger charge is 1.98. The first-order valence-corrected chi connectivity index (χ1v) is 4.43. The first-order valence-electron chi connectivity index (χ1n) is 4.43. The van der Waals surface area contributed by atoms with Gasteiger partial charge in [-0.25, -0.2) is 0 Å². The van der Waals surface area contributed by atoms with Crippen LogP contribution in [-0.4, -0.2) is 18.7 Å². The molecule has 0 rings (SSSR count). The summed E-state index contributed by atoms with van der Waals surface area (Å²) in [5.41, 5.74) is 0. The van der Waals surface area contributed by atoms with E-state index in [2.05, 4.69) is 12.2 Å². The van der Waals surface area contributed by atoms with Crippen LogP contribution in [0.25, 0.3) is 0 Å². The summed E-state index contributed by atoms with van der Waals surface area (Å²) in [6.07, 6.45) is 5.48. The Kier molecular flexibility index (Phi) is 7.65. The molecule has 0 aromatic rings. The molecule has 0 spiro atoms. The van der Waals surface area contributed by atoms with Crippen molar-refractivity contribution >= 4 is 12.2 Å². The highest BCUT2D eigenvalue weighted by atomic mass is 16.1. The fourth-order valence-corrected chi connectivity index (χ4v) is 0.856. The van der Waals surface area contributed by atoms with Gasteiger partial charge in [0.1, 0.15) is 0 Å². The molecule has 0 saturated heterocycles. The van der Waals surface area contributed by atoms with E-state index in [1.54, 1.807) is 6.29 Å². The molecule has 0 aliphatic heterocycles. The molecule has 3 heteroatoms. The molecule has 0 saturated carbocycles. The molecule has 0 atom stereocenters. The predicted molar refractivity (Wildman–Crippen MR) is 47.5 cm³/mol. The smallest absolute Gasteiger partial charge is 0.220 e. The van der Waals surface area contributed by atoms with Gasteiger partial charge in [0.2, 0.25) is 5.91 Å². The molecule has 0 aromatic heterocycles. The van der Waals surface area contributed by atoms with E-state index in [0.29, 0.717) is 0 Å².